The lowest BCUT2D eigenvalue weighted by Gasteiger charge is -2.17. The molecule has 0 heterocycles. The summed E-state index contributed by atoms with van der Waals surface area (Å²) < 4.78 is 5.66. The maximum atomic E-state index is 10.5. The normalized spacial score (nSPS) is 24.2. The molecule has 1 saturated carbocycles. The average molecular weight is 257 g/mol. The Morgan fingerprint density at radius 2 is 2.22 bits per heavy atom. The number of ether oxygens (including phenoxy) is 1. The molecular weight excluding hydrogens is 234 g/mol. The molecule has 5 heteroatoms. The van der Waals surface area contributed by atoms with Gasteiger partial charge in [-0.25, -0.2) is 0 Å². The average Bonchev–Trinajstić information content (AvgIpc) is 2.73. The van der Waals surface area contributed by atoms with E-state index in [2.05, 4.69) is 11.8 Å². The van der Waals surface area contributed by atoms with E-state index in [0.717, 1.165) is 32.1 Å². The lowest BCUT2D eigenvalue weighted by Crippen LogP contribution is -2.17. The van der Waals surface area contributed by atoms with Crippen LogP contribution < -0.4 is 0 Å². The topological polar surface area (TPSA) is 61.6 Å². The Morgan fingerprint density at radius 3 is 2.83 bits per heavy atom. The fraction of sp³-hybridized carbons (Fsp3) is 0.846. The summed E-state index contributed by atoms with van der Waals surface area (Å²) in [5.41, 5.74) is 0. The summed E-state index contributed by atoms with van der Waals surface area (Å²) in [5.74, 6) is 0.746. The van der Waals surface area contributed by atoms with E-state index in [-0.39, 0.29) is 12.0 Å². The van der Waals surface area contributed by atoms with Gasteiger partial charge >= 0.3 is 0 Å². The first kappa shape index (κ1) is 15.0. The Hall–Kier alpha value is -1.10. The molecule has 104 valence electrons. The van der Waals surface area contributed by atoms with Gasteiger partial charge in [0.15, 0.2) is 0 Å². The third-order valence-electron chi connectivity index (χ3n) is 3.25. The van der Waals surface area contributed by atoms with E-state index in [1.54, 1.807) is 0 Å². The van der Waals surface area contributed by atoms with Gasteiger partial charge in [-0.15, -0.1) is 10.1 Å². The van der Waals surface area contributed by atoms with Crippen LogP contribution in [0.25, 0.3) is 0 Å². The fourth-order valence-corrected chi connectivity index (χ4v) is 2.41. The molecule has 0 spiro atoms. The molecule has 2 atom stereocenters. The second-order valence-electron chi connectivity index (χ2n) is 4.64. The third-order valence-corrected chi connectivity index (χ3v) is 3.25. The molecule has 0 bridgehead atoms. The van der Waals surface area contributed by atoms with Crippen LogP contribution in [0, 0.1) is 16.0 Å². The van der Waals surface area contributed by atoms with Crippen LogP contribution in [0.4, 0.5) is 0 Å². The molecule has 0 radical (unpaired) electrons. The van der Waals surface area contributed by atoms with Crippen molar-refractivity contribution < 1.29 is 14.7 Å². The molecule has 0 N–H and O–H groups in total. The number of allylic oxidation sites excluding steroid dienone is 1. The Morgan fingerprint density at radius 1 is 1.44 bits per heavy atom. The van der Waals surface area contributed by atoms with Gasteiger partial charge in [0.2, 0.25) is 0 Å². The van der Waals surface area contributed by atoms with Crippen molar-refractivity contribution >= 4 is 0 Å². The quantitative estimate of drug-likeness (QED) is 0.379. The van der Waals surface area contributed by atoms with Gasteiger partial charge in [0.25, 0.3) is 5.09 Å². The van der Waals surface area contributed by atoms with Crippen molar-refractivity contribution in [2.24, 2.45) is 5.92 Å². The van der Waals surface area contributed by atoms with E-state index in [0.29, 0.717) is 18.8 Å². The molecule has 1 rings (SSSR count). The van der Waals surface area contributed by atoms with Gasteiger partial charge in [0, 0.05) is 12.5 Å². The summed E-state index contributed by atoms with van der Waals surface area (Å²) in [6, 6.07) is 0. The van der Waals surface area contributed by atoms with Crippen molar-refractivity contribution in [2.45, 2.75) is 58.5 Å². The smallest absolute Gasteiger partial charge is 0.299 e. The van der Waals surface area contributed by atoms with Crippen molar-refractivity contribution in [3.8, 4) is 0 Å². The minimum absolute atomic E-state index is 0.196. The summed E-state index contributed by atoms with van der Waals surface area (Å²) in [5, 5.41) is 9.75. The van der Waals surface area contributed by atoms with Gasteiger partial charge in [0.1, 0.15) is 0 Å². The van der Waals surface area contributed by atoms with Crippen LogP contribution >= 0.6 is 0 Å². The minimum atomic E-state index is -0.716. The first-order chi connectivity index (χ1) is 8.67. The van der Waals surface area contributed by atoms with E-state index >= 15 is 0 Å². The van der Waals surface area contributed by atoms with Crippen LogP contribution in [0.2, 0.25) is 0 Å². The van der Waals surface area contributed by atoms with Gasteiger partial charge in [0.05, 0.1) is 11.9 Å². The van der Waals surface area contributed by atoms with E-state index < -0.39 is 5.09 Å². The molecule has 0 aromatic rings. The second-order valence-corrected chi connectivity index (χ2v) is 4.64. The van der Waals surface area contributed by atoms with Crippen LogP contribution in [0.5, 0.6) is 0 Å². The highest BCUT2D eigenvalue weighted by molar-refractivity contribution is 5.01. The van der Waals surface area contributed by atoms with Crippen LogP contribution in [-0.2, 0) is 9.57 Å². The van der Waals surface area contributed by atoms with E-state index in [4.69, 9.17) is 4.74 Å². The molecule has 0 aromatic heterocycles. The maximum Gasteiger partial charge on any atom is 0.299 e. The Bertz CT molecular complexity index is 291. The zero-order valence-corrected chi connectivity index (χ0v) is 11.3. The number of unbranched alkanes of at least 4 members (excludes halogenated alkanes) is 1. The van der Waals surface area contributed by atoms with Gasteiger partial charge in [-0.3, -0.25) is 4.84 Å². The van der Waals surface area contributed by atoms with Gasteiger partial charge < -0.3 is 4.74 Å². The first-order valence-corrected chi connectivity index (χ1v) is 6.82. The lowest BCUT2D eigenvalue weighted by atomic mass is 10.0. The molecule has 1 aliphatic carbocycles. The van der Waals surface area contributed by atoms with Crippen molar-refractivity contribution in [3.05, 3.63) is 21.9 Å². The van der Waals surface area contributed by atoms with Crippen molar-refractivity contribution in [3.63, 3.8) is 0 Å². The number of rotatable bonds is 8. The van der Waals surface area contributed by atoms with Crippen LogP contribution in [0.1, 0.15) is 52.4 Å². The highest BCUT2D eigenvalue weighted by Crippen LogP contribution is 2.31. The van der Waals surface area contributed by atoms with E-state index in [9.17, 15) is 10.1 Å². The largest absolute Gasteiger partial charge is 0.378 e. The van der Waals surface area contributed by atoms with Crippen molar-refractivity contribution in [2.75, 3.05) is 6.61 Å². The zero-order valence-electron chi connectivity index (χ0n) is 11.3. The highest BCUT2D eigenvalue weighted by atomic mass is 17.0. The monoisotopic (exact) mass is 257 g/mol. The molecule has 5 nitrogen and oxygen atoms in total. The molecule has 0 unspecified atom stereocenters. The summed E-state index contributed by atoms with van der Waals surface area (Å²) >= 11 is 0. The fourth-order valence-electron chi connectivity index (χ4n) is 2.41. The van der Waals surface area contributed by atoms with E-state index in [1.807, 2.05) is 13.0 Å². The van der Waals surface area contributed by atoms with Gasteiger partial charge in [-0.1, -0.05) is 25.8 Å². The molecule has 1 aliphatic rings. The number of nitrogens with zero attached hydrogens (tertiary/aromatic N) is 1. The lowest BCUT2D eigenvalue weighted by molar-refractivity contribution is -0.743. The Kier molecular flexibility index (Phi) is 6.72. The Balaban J connectivity index is 2.63. The predicted molar refractivity (Wildman–Crippen MR) is 68.4 cm³/mol. The van der Waals surface area contributed by atoms with Crippen LogP contribution in [0.15, 0.2) is 11.8 Å². The van der Waals surface area contributed by atoms with Crippen LogP contribution in [0.3, 0.4) is 0 Å². The minimum Gasteiger partial charge on any atom is -0.378 e. The molecule has 0 aliphatic heterocycles. The van der Waals surface area contributed by atoms with E-state index in [1.165, 1.54) is 0 Å². The molecule has 0 amide bonds. The molecule has 0 saturated heterocycles. The Labute approximate surface area is 108 Å². The third kappa shape index (κ3) is 5.04. The SMILES string of the molecule is CCCC/C(=C/[C@H]1CCC[C@H]1OCC)O[N+](=O)[O-]. The second kappa shape index (κ2) is 8.08. The standard InChI is InChI=1S/C13H23NO4/c1-3-5-8-12(18-14(15)16)10-11-7-6-9-13(11)17-4-2/h10-11,13H,3-9H2,1-2H3/b12-10-/t11-,13-/m1/s1. The number of hydrogen-bond donors (Lipinski definition) is 0. The maximum absolute atomic E-state index is 10.5. The van der Waals surface area contributed by atoms with Crippen molar-refractivity contribution in [1.29, 1.82) is 0 Å². The van der Waals surface area contributed by atoms with Crippen molar-refractivity contribution in [1.82, 2.24) is 0 Å². The number of hydrogen-bond acceptors (Lipinski definition) is 4. The summed E-state index contributed by atoms with van der Waals surface area (Å²) in [4.78, 5) is 15.1. The predicted octanol–water partition coefficient (Wildman–Crippen LogP) is 3.47. The zero-order chi connectivity index (χ0) is 13.4. The molecule has 18 heavy (non-hydrogen) atoms. The van der Waals surface area contributed by atoms with Gasteiger partial charge in [-0.2, -0.15) is 0 Å². The summed E-state index contributed by atoms with van der Waals surface area (Å²) in [7, 11) is 0. The molecule has 1 fully saturated rings. The summed E-state index contributed by atoms with van der Waals surface area (Å²) in [6.45, 7) is 4.72. The molecular formula is C13H23NO4. The van der Waals surface area contributed by atoms with Gasteiger partial charge in [-0.05, 0) is 32.6 Å². The first-order valence-electron chi connectivity index (χ1n) is 6.82. The van der Waals surface area contributed by atoms with Crippen LogP contribution in [-0.4, -0.2) is 17.8 Å². The molecule has 0 aromatic carbocycles. The summed E-state index contributed by atoms with van der Waals surface area (Å²) in [6.07, 6.45) is 7.82. The highest BCUT2D eigenvalue weighted by Gasteiger charge is 2.26.